The lowest BCUT2D eigenvalue weighted by Crippen LogP contribution is -2.55. The summed E-state index contributed by atoms with van der Waals surface area (Å²) >= 11 is 3.74. The number of carbonyl (C=O) groups is 1. The van der Waals surface area contributed by atoms with E-state index < -0.39 is 5.97 Å². The second-order valence-electron chi connectivity index (χ2n) is 6.52. The summed E-state index contributed by atoms with van der Waals surface area (Å²) in [6, 6.07) is 6.02. The largest absolute Gasteiger partial charge is 0.480 e. The van der Waals surface area contributed by atoms with Crippen LogP contribution in [0.4, 0.5) is 0 Å². The minimum atomic E-state index is -0.404. The summed E-state index contributed by atoms with van der Waals surface area (Å²) in [5, 5.41) is 0.913. The second-order valence-corrected chi connectivity index (χ2v) is 7.32. The van der Waals surface area contributed by atoms with Gasteiger partial charge in [0.1, 0.15) is 5.56 Å². The molecule has 0 atom stereocenters. The first-order chi connectivity index (χ1) is 11.1. The lowest BCUT2D eigenvalue weighted by Gasteiger charge is -2.62. The fourth-order valence-corrected chi connectivity index (χ4v) is 4.79. The van der Waals surface area contributed by atoms with E-state index in [-0.39, 0.29) is 0 Å². The molecule has 1 aromatic carbocycles. The molecule has 2 bridgehead atoms. The van der Waals surface area contributed by atoms with E-state index in [1.807, 2.05) is 6.07 Å². The minimum absolute atomic E-state index is 0.311. The quantitative estimate of drug-likeness (QED) is 0.750. The Morgan fingerprint density at radius 2 is 2.13 bits per heavy atom. The lowest BCUT2D eigenvalue weighted by molar-refractivity contribution is -0.0278. The van der Waals surface area contributed by atoms with Crippen LogP contribution in [-0.2, 0) is 10.2 Å². The molecule has 1 aromatic heterocycles. The highest BCUT2D eigenvalue weighted by atomic mass is 79.9. The second kappa shape index (κ2) is 5.20. The van der Waals surface area contributed by atoms with Crippen LogP contribution in [0.2, 0.25) is 0 Å². The number of esters is 1. The summed E-state index contributed by atoms with van der Waals surface area (Å²) in [4.78, 5) is 16.7. The van der Waals surface area contributed by atoms with Gasteiger partial charge in [0.05, 0.1) is 19.2 Å². The molecule has 120 valence electrons. The van der Waals surface area contributed by atoms with Crippen LogP contribution < -0.4 is 4.74 Å². The van der Waals surface area contributed by atoms with Gasteiger partial charge >= 0.3 is 5.97 Å². The molecular formula is C18H18BrNO3. The van der Waals surface area contributed by atoms with Crippen molar-refractivity contribution in [3.05, 3.63) is 33.8 Å². The standard InChI is InChI=1S/C18H18BrNO3/c1-3-23-17(21)12-6-11-4-5-13(18-7-10(8-18)9-18)14(19)15(11)20-16(12)22-2/h4-6,10H,3,7-9H2,1-2H3. The molecule has 3 saturated carbocycles. The summed E-state index contributed by atoms with van der Waals surface area (Å²) in [5.41, 5.74) is 2.90. The Labute approximate surface area is 143 Å². The summed E-state index contributed by atoms with van der Waals surface area (Å²) in [7, 11) is 1.52. The first-order valence-electron chi connectivity index (χ1n) is 7.93. The number of ether oxygens (including phenoxy) is 2. The summed E-state index contributed by atoms with van der Waals surface area (Å²) in [6.07, 6.45) is 3.86. The third kappa shape index (κ3) is 2.09. The Kier molecular flexibility index (Phi) is 3.38. The van der Waals surface area contributed by atoms with E-state index in [0.717, 1.165) is 21.3 Å². The number of nitrogens with zero attached hydrogens (tertiary/aromatic N) is 1. The van der Waals surface area contributed by atoms with Crippen LogP contribution in [-0.4, -0.2) is 24.7 Å². The smallest absolute Gasteiger partial charge is 0.343 e. The Morgan fingerprint density at radius 1 is 1.39 bits per heavy atom. The van der Waals surface area contributed by atoms with Crippen molar-refractivity contribution in [2.75, 3.05) is 13.7 Å². The van der Waals surface area contributed by atoms with Crippen molar-refractivity contribution in [3.63, 3.8) is 0 Å². The minimum Gasteiger partial charge on any atom is -0.480 e. The van der Waals surface area contributed by atoms with Crippen molar-refractivity contribution >= 4 is 32.8 Å². The molecule has 0 radical (unpaired) electrons. The van der Waals surface area contributed by atoms with Gasteiger partial charge in [-0.05, 0) is 65.1 Å². The van der Waals surface area contributed by atoms with Crippen molar-refractivity contribution in [3.8, 4) is 5.88 Å². The van der Waals surface area contributed by atoms with Crippen molar-refractivity contribution in [2.24, 2.45) is 5.92 Å². The third-order valence-corrected chi connectivity index (χ3v) is 5.99. The molecule has 0 spiro atoms. The highest BCUT2D eigenvalue weighted by molar-refractivity contribution is 9.10. The lowest BCUT2D eigenvalue weighted by atomic mass is 9.42. The highest BCUT2D eigenvalue weighted by Crippen LogP contribution is 2.66. The van der Waals surface area contributed by atoms with Crippen LogP contribution in [0.25, 0.3) is 10.9 Å². The average molecular weight is 376 g/mol. The van der Waals surface area contributed by atoms with Gasteiger partial charge in [-0.2, -0.15) is 0 Å². The van der Waals surface area contributed by atoms with Gasteiger partial charge < -0.3 is 9.47 Å². The maximum atomic E-state index is 12.1. The molecule has 4 nitrogen and oxygen atoms in total. The number of halogens is 1. The molecule has 5 heteroatoms. The number of carbonyl (C=O) groups excluding carboxylic acids is 1. The zero-order chi connectivity index (χ0) is 16.2. The van der Waals surface area contributed by atoms with Crippen molar-refractivity contribution < 1.29 is 14.3 Å². The fraction of sp³-hybridized carbons (Fsp3) is 0.444. The van der Waals surface area contributed by atoms with E-state index in [9.17, 15) is 4.79 Å². The topological polar surface area (TPSA) is 48.4 Å². The molecule has 0 saturated heterocycles. The number of aromatic nitrogens is 1. The Morgan fingerprint density at radius 3 is 2.70 bits per heavy atom. The van der Waals surface area contributed by atoms with Gasteiger partial charge in [-0.1, -0.05) is 12.1 Å². The fourth-order valence-electron chi connectivity index (χ4n) is 3.92. The van der Waals surface area contributed by atoms with Crippen molar-refractivity contribution in [2.45, 2.75) is 31.6 Å². The Hall–Kier alpha value is -1.62. The van der Waals surface area contributed by atoms with Crippen molar-refractivity contribution in [1.29, 1.82) is 0 Å². The van der Waals surface area contributed by atoms with Crippen molar-refractivity contribution in [1.82, 2.24) is 4.98 Å². The molecular weight excluding hydrogens is 358 g/mol. The molecule has 0 aliphatic heterocycles. The van der Waals surface area contributed by atoms with E-state index >= 15 is 0 Å². The van der Waals surface area contributed by atoms with Crippen LogP contribution >= 0.6 is 15.9 Å². The van der Waals surface area contributed by atoms with Gasteiger partial charge in [0.2, 0.25) is 5.88 Å². The number of fused-ring (bicyclic) bond motifs is 1. The first kappa shape index (κ1) is 14.9. The molecule has 3 fully saturated rings. The molecule has 0 N–H and O–H groups in total. The molecule has 23 heavy (non-hydrogen) atoms. The van der Waals surface area contributed by atoms with Crippen LogP contribution in [0.1, 0.15) is 42.1 Å². The average Bonchev–Trinajstić information content (AvgIpc) is 2.46. The molecule has 0 amide bonds. The number of hydrogen-bond donors (Lipinski definition) is 0. The van der Waals surface area contributed by atoms with Gasteiger partial charge in [0.25, 0.3) is 0 Å². The monoisotopic (exact) mass is 375 g/mol. The van der Waals surface area contributed by atoms with E-state index in [0.29, 0.717) is 23.5 Å². The van der Waals surface area contributed by atoms with Gasteiger partial charge in [-0.25, -0.2) is 9.78 Å². The van der Waals surface area contributed by atoms with Crippen LogP contribution in [0.3, 0.4) is 0 Å². The van der Waals surface area contributed by atoms with Crippen LogP contribution in [0, 0.1) is 5.92 Å². The van der Waals surface area contributed by atoms with Gasteiger partial charge in [0.15, 0.2) is 0 Å². The van der Waals surface area contributed by atoms with Crippen LogP contribution in [0.15, 0.2) is 22.7 Å². The predicted molar refractivity (Wildman–Crippen MR) is 91.0 cm³/mol. The van der Waals surface area contributed by atoms with Gasteiger partial charge in [-0.3, -0.25) is 0 Å². The van der Waals surface area contributed by atoms with Gasteiger partial charge in [0, 0.05) is 9.86 Å². The molecule has 3 aliphatic carbocycles. The van der Waals surface area contributed by atoms with E-state index in [2.05, 4.69) is 27.0 Å². The van der Waals surface area contributed by atoms with E-state index in [1.165, 1.54) is 31.9 Å². The summed E-state index contributed by atoms with van der Waals surface area (Å²) in [5.74, 6) is 0.830. The number of benzene rings is 1. The summed E-state index contributed by atoms with van der Waals surface area (Å²) < 4.78 is 11.4. The maximum absolute atomic E-state index is 12.1. The maximum Gasteiger partial charge on any atom is 0.343 e. The molecule has 5 rings (SSSR count). The Balaban J connectivity index is 1.84. The highest BCUT2D eigenvalue weighted by Gasteiger charge is 2.58. The van der Waals surface area contributed by atoms with E-state index in [4.69, 9.17) is 9.47 Å². The molecule has 3 aliphatic rings. The molecule has 0 unspecified atom stereocenters. The molecule has 1 heterocycles. The Bertz CT molecular complexity index is 800. The zero-order valence-electron chi connectivity index (χ0n) is 13.2. The number of hydrogen-bond acceptors (Lipinski definition) is 4. The summed E-state index contributed by atoms with van der Waals surface area (Å²) in [6.45, 7) is 2.11. The van der Waals surface area contributed by atoms with E-state index in [1.54, 1.807) is 13.0 Å². The van der Waals surface area contributed by atoms with Crippen LogP contribution in [0.5, 0.6) is 5.88 Å². The number of pyridine rings is 1. The molecule has 2 aromatic rings. The first-order valence-corrected chi connectivity index (χ1v) is 8.72. The number of methoxy groups -OCH3 is 1. The third-order valence-electron chi connectivity index (χ3n) is 5.19. The SMILES string of the molecule is CCOC(=O)c1cc2ccc(C34CC(C3)C4)c(Br)c2nc1OC. The zero-order valence-corrected chi connectivity index (χ0v) is 14.8. The normalized spacial score (nSPS) is 24.7. The number of rotatable bonds is 4. The predicted octanol–water partition coefficient (Wildman–Crippen LogP) is 4.23. The van der Waals surface area contributed by atoms with Gasteiger partial charge in [-0.15, -0.1) is 0 Å².